The molecule has 106 valence electrons. The standard InChI is InChI=1S/C15H9Cl2NO2S/c16-8-5-6-9-12(7-8)21-15(20)13(9)14(19)18-11-4-2-1-3-10(11)17/h1-7,13H,(H,18,19). The Bertz CT molecular complexity index is 748. The van der Waals surface area contributed by atoms with E-state index in [0.29, 0.717) is 21.3 Å². The fourth-order valence-corrected chi connectivity index (χ4v) is 3.62. The van der Waals surface area contributed by atoms with Crippen molar-refractivity contribution in [1.29, 1.82) is 0 Å². The van der Waals surface area contributed by atoms with E-state index in [1.165, 1.54) is 0 Å². The summed E-state index contributed by atoms with van der Waals surface area (Å²) in [5.74, 6) is -1.22. The van der Waals surface area contributed by atoms with Crippen LogP contribution in [0.4, 0.5) is 5.69 Å². The van der Waals surface area contributed by atoms with Crippen molar-refractivity contribution < 1.29 is 9.59 Å². The third-order valence-electron chi connectivity index (χ3n) is 3.13. The molecule has 6 heteroatoms. The molecule has 3 nitrogen and oxygen atoms in total. The smallest absolute Gasteiger partial charge is 0.240 e. The highest BCUT2D eigenvalue weighted by Gasteiger charge is 2.37. The monoisotopic (exact) mass is 337 g/mol. The van der Waals surface area contributed by atoms with Gasteiger partial charge in [0.15, 0.2) is 0 Å². The molecule has 0 aromatic heterocycles. The molecule has 0 bridgehead atoms. The number of para-hydroxylation sites is 1. The summed E-state index contributed by atoms with van der Waals surface area (Å²) >= 11 is 13.0. The van der Waals surface area contributed by atoms with Crippen molar-refractivity contribution in [3.05, 3.63) is 58.1 Å². The van der Waals surface area contributed by atoms with Crippen LogP contribution < -0.4 is 5.32 Å². The molecule has 0 radical (unpaired) electrons. The first-order valence-corrected chi connectivity index (χ1v) is 7.70. The molecule has 2 aromatic carbocycles. The predicted octanol–water partition coefficient (Wildman–Crippen LogP) is 4.35. The maximum atomic E-state index is 12.4. The van der Waals surface area contributed by atoms with E-state index in [1.54, 1.807) is 42.5 Å². The van der Waals surface area contributed by atoms with Crippen LogP contribution in [0, 0.1) is 0 Å². The number of carbonyl (C=O) groups is 2. The topological polar surface area (TPSA) is 46.2 Å². The van der Waals surface area contributed by atoms with Crippen molar-refractivity contribution >= 4 is 51.7 Å². The summed E-state index contributed by atoms with van der Waals surface area (Å²) in [6, 6.07) is 12.0. The number of anilines is 1. The van der Waals surface area contributed by atoms with Gasteiger partial charge in [-0.05, 0) is 29.8 Å². The molecule has 3 rings (SSSR count). The Kier molecular flexibility index (Phi) is 3.93. The van der Waals surface area contributed by atoms with E-state index in [0.717, 1.165) is 16.7 Å². The molecule has 1 aliphatic rings. The van der Waals surface area contributed by atoms with Gasteiger partial charge in [-0.2, -0.15) is 0 Å². The van der Waals surface area contributed by atoms with Crippen molar-refractivity contribution in [1.82, 2.24) is 0 Å². The zero-order valence-corrected chi connectivity index (χ0v) is 12.9. The van der Waals surface area contributed by atoms with Crippen molar-refractivity contribution in [3.63, 3.8) is 0 Å². The number of hydrogen-bond donors (Lipinski definition) is 1. The fourth-order valence-electron chi connectivity index (χ4n) is 2.15. The van der Waals surface area contributed by atoms with E-state index in [1.807, 2.05) is 0 Å². The molecule has 0 fully saturated rings. The fraction of sp³-hybridized carbons (Fsp3) is 0.0667. The number of nitrogens with one attached hydrogen (secondary N) is 1. The Hall–Kier alpha value is -1.49. The third kappa shape index (κ3) is 2.79. The molecule has 2 aromatic rings. The molecule has 1 unspecified atom stereocenters. The van der Waals surface area contributed by atoms with Gasteiger partial charge >= 0.3 is 0 Å². The van der Waals surface area contributed by atoms with Crippen LogP contribution in [0.5, 0.6) is 0 Å². The second kappa shape index (κ2) is 5.72. The van der Waals surface area contributed by atoms with Gasteiger partial charge in [0.2, 0.25) is 11.0 Å². The zero-order valence-electron chi connectivity index (χ0n) is 10.6. The van der Waals surface area contributed by atoms with Crippen LogP contribution in [0.25, 0.3) is 0 Å². The minimum Gasteiger partial charge on any atom is -0.324 e. The van der Waals surface area contributed by atoms with Gasteiger partial charge < -0.3 is 5.32 Å². The summed E-state index contributed by atoms with van der Waals surface area (Å²) in [6.07, 6.45) is 0. The van der Waals surface area contributed by atoms with Crippen LogP contribution in [0.2, 0.25) is 10.0 Å². The number of carbonyl (C=O) groups excluding carboxylic acids is 2. The van der Waals surface area contributed by atoms with Gasteiger partial charge in [0.05, 0.1) is 10.7 Å². The quantitative estimate of drug-likeness (QED) is 0.828. The molecule has 1 aliphatic heterocycles. The Morgan fingerprint density at radius 3 is 2.67 bits per heavy atom. The molecule has 0 saturated carbocycles. The first-order chi connectivity index (χ1) is 10.1. The molecular formula is C15H9Cl2NO2S. The second-order valence-electron chi connectivity index (χ2n) is 4.51. The van der Waals surface area contributed by atoms with E-state index in [2.05, 4.69) is 5.32 Å². The van der Waals surface area contributed by atoms with Crippen molar-refractivity contribution in [2.75, 3.05) is 5.32 Å². The number of halogens is 2. The lowest BCUT2D eigenvalue weighted by molar-refractivity contribution is -0.123. The Labute approximate surface area is 135 Å². The van der Waals surface area contributed by atoms with Gasteiger partial charge in [0.1, 0.15) is 5.92 Å². The van der Waals surface area contributed by atoms with Gasteiger partial charge in [-0.1, -0.05) is 53.2 Å². The minimum absolute atomic E-state index is 0.211. The van der Waals surface area contributed by atoms with Gasteiger partial charge in [0.25, 0.3) is 0 Å². The lowest BCUT2D eigenvalue weighted by atomic mass is 10.00. The molecule has 0 aliphatic carbocycles. The van der Waals surface area contributed by atoms with Crippen molar-refractivity contribution in [3.8, 4) is 0 Å². The number of rotatable bonds is 2. The Morgan fingerprint density at radius 1 is 1.14 bits per heavy atom. The van der Waals surface area contributed by atoms with Crippen LogP contribution in [0.3, 0.4) is 0 Å². The molecule has 1 N–H and O–H groups in total. The summed E-state index contributed by atoms with van der Waals surface area (Å²) in [6.45, 7) is 0. The summed E-state index contributed by atoms with van der Waals surface area (Å²) in [7, 11) is 0. The van der Waals surface area contributed by atoms with Crippen LogP contribution in [0.1, 0.15) is 11.5 Å². The average molecular weight is 338 g/mol. The summed E-state index contributed by atoms with van der Waals surface area (Å²) < 4.78 is 0. The summed E-state index contributed by atoms with van der Waals surface area (Å²) in [4.78, 5) is 25.2. The maximum absolute atomic E-state index is 12.4. The van der Waals surface area contributed by atoms with Gasteiger partial charge in [-0.15, -0.1) is 0 Å². The van der Waals surface area contributed by atoms with Crippen LogP contribution >= 0.6 is 35.0 Å². The first kappa shape index (κ1) is 14.4. The Morgan fingerprint density at radius 2 is 1.90 bits per heavy atom. The van der Waals surface area contributed by atoms with Gasteiger partial charge in [-0.3, -0.25) is 9.59 Å². The largest absolute Gasteiger partial charge is 0.324 e. The van der Waals surface area contributed by atoms with E-state index in [9.17, 15) is 9.59 Å². The van der Waals surface area contributed by atoms with Crippen LogP contribution in [-0.4, -0.2) is 11.0 Å². The normalized spacial score (nSPS) is 16.7. The van der Waals surface area contributed by atoms with Crippen LogP contribution in [0.15, 0.2) is 47.4 Å². The van der Waals surface area contributed by atoms with E-state index in [4.69, 9.17) is 23.2 Å². The number of hydrogen-bond acceptors (Lipinski definition) is 3. The van der Waals surface area contributed by atoms with Crippen LogP contribution in [-0.2, 0) is 9.59 Å². The highest BCUT2D eigenvalue weighted by molar-refractivity contribution is 8.14. The molecule has 1 heterocycles. The average Bonchev–Trinajstić information content (AvgIpc) is 2.76. The zero-order chi connectivity index (χ0) is 15.0. The lowest BCUT2D eigenvalue weighted by Crippen LogP contribution is -2.23. The molecular weight excluding hydrogens is 329 g/mol. The molecule has 1 amide bonds. The minimum atomic E-state index is -0.835. The second-order valence-corrected chi connectivity index (χ2v) is 6.40. The van der Waals surface area contributed by atoms with Gasteiger partial charge in [0, 0.05) is 9.92 Å². The number of thioether (sulfide) groups is 1. The van der Waals surface area contributed by atoms with E-state index >= 15 is 0 Å². The number of amides is 1. The third-order valence-corrected chi connectivity index (χ3v) is 4.70. The number of benzene rings is 2. The van der Waals surface area contributed by atoms with E-state index in [-0.39, 0.29) is 11.0 Å². The molecule has 0 spiro atoms. The molecule has 0 saturated heterocycles. The lowest BCUT2D eigenvalue weighted by Gasteiger charge is -2.11. The van der Waals surface area contributed by atoms with Crippen molar-refractivity contribution in [2.24, 2.45) is 0 Å². The Balaban J connectivity index is 1.89. The van der Waals surface area contributed by atoms with E-state index < -0.39 is 5.92 Å². The highest BCUT2D eigenvalue weighted by atomic mass is 35.5. The maximum Gasteiger partial charge on any atom is 0.240 e. The first-order valence-electron chi connectivity index (χ1n) is 6.13. The molecule has 21 heavy (non-hydrogen) atoms. The SMILES string of the molecule is O=C(Nc1ccccc1Cl)C1C(=O)Sc2cc(Cl)ccc21. The molecule has 1 atom stereocenters. The summed E-state index contributed by atoms with van der Waals surface area (Å²) in [5, 5.41) is 3.46. The van der Waals surface area contributed by atoms with Crippen molar-refractivity contribution in [2.45, 2.75) is 10.8 Å². The highest BCUT2D eigenvalue weighted by Crippen LogP contribution is 2.42. The predicted molar refractivity (Wildman–Crippen MR) is 85.1 cm³/mol. The number of fused-ring (bicyclic) bond motifs is 1. The van der Waals surface area contributed by atoms with Gasteiger partial charge in [-0.25, -0.2) is 0 Å². The summed E-state index contributed by atoms with van der Waals surface area (Å²) in [5.41, 5.74) is 1.17.